The van der Waals surface area contributed by atoms with E-state index in [0.717, 1.165) is 11.1 Å². The highest BCUT2D eigenvalue weighted by Crippen LogP contribution is 2.11. The second-order valence-electron chi connectivity index (χ2n) is 4.56. The van der Waals surface area contributed by atoms with Gasteiger partial charge in [-0.2, -0.15) is 0 Å². The Bertz CT molecular complexity index is 662. The molecule has 116 valence electrons. The normalized spacial score (nSPS) is 10.4. The van der Waals surface area contributed by atoms with Gasteiger partial charge in [-0.15, -0.1) is 0 Å². The standard InChI is InChI=1S/C16H17NO5/c1-2-21-10-12-6-4-3-5-11(12)9-17-15(18)13-7-8-14(22-13)16(19)20/h3-8H,2,9-10H2,1H3,(H,17,18)(H,19,20). The molecule has 0 atom stereocenters. The second-order valence-corrected chi connectivity index (χ2v) is 4.56. The maximum absolute atomic E-state index is 12.0. The largest absolute Gasteiger partial charge is 0.475 e. The lowest BCUT2D eigenvalue weighted by molar-refractivity contribution is 0.0659. The van der Waals surface area contributed by atoms with E-state index in [1.807, 2.05) is 31.2 Å². The molecule has 0 fully saturated rings. The molecule has 1 heterocycles. The zero-order valence-corrected chi connectivity index (χ0v) is 12.2. The van der Waals surface area contributed by atoms with Crippen molar-refractivity contribution in [1.82, 2.24) is 5.32 Å². The molecule has 0 aliphatic heterocycles. The third kappa shape index (κ3) is 3.95. The van der Waals surface area contributed by atoms with E-state index in [0.29, 0.717) is 19.8 Å². The summed E-state index contributed by atoms with van der Waals surface area (Å²) in [5, 5.41) is 11.5. The fraction of sp³-hybridized carbons (Fsp3) is 0.250. The predicted molar refractivity (Wildman–Crippen MR) is 78.6 cm³/mol. The molecule has 0 radical (unpaired) electrons. The molecule has 6 nitrogen and oxygen atoms in total. The number of rotatable bonds is 7. The Morgan fingerprint density at radius 3 is 2.45 bits per heavy atom. The van der Waals surface area contributed by atoms with Crippen LogP contribution in [0, 0.1) is 0 Å². The average molecular weight is 303 g/mol. The van der Waals surface area contributed by atoms with E-state index >= 15 is 0 Å². The smallest absolute Gasteiger partial charge is 0.371 e. The summed E-state index contributed by atoms with van der Waals surface area (Å²) in [7, 11) is 0. The van der Waals surface area contributed by atoms with Crippen LogP contribution in [0.3, 0.4) is 0 Å². The first-order valence-corrected chi connectivity index (χ1v) is 6.87. The monoisotopic (exact) mass is 303 g/mol. The number of hydrogen-bond acceptors (Lipinski definition) is 4. The molecule has 0 spiro atoms. The number of aromatic carboxylic acids is 1. The van der Waals surface area contributed by atoms with Crippen molar-refractivity contribution in [3.63, 3.8) is 0 Å². The number of ether oxygens (including phenoxy) is 1. The van der Waals surface area contributed by atoms with Crippen LogP contribution in [0.1, 0.15) is 39.2 Å². The molecule has 1 amide bonds. The topological polar surface area (TPSA) is 88.8 Å². The van der Waals surface area contributed by atoms with E-state index < -0.39 is 11.9 Å². The Morgan fingerprint density at radius 2 is 1.82 bits per heavy atom. The number of carbonyl (C=O) groups excluding carboxylic acids is 1. The molecule has 22 heavy (non-hydrogen) atoms. The molecule has 0 saturated carbocycles. The van der Waals surface area contributed by atoms with E-state index in [4.69, 9.17) is 14.3 Å². The predicted octanol–water partition coefficient (Wildman–Crippen LogP) is 2.44. The average Bonchev–Trinajstić information content (AvgIpc) is 3.01. The van der Waals surface area contributed by atoms with Crippen LogP contribution in [0.2, 0.25) is 0 Å². The van der Waals surface area contributed by atoms with Gasteiger partial charge in [0.25, 0.3) is 5.91 Å². The molecule has 0 bridgehead atoms. The number of carboxylic acid groups (broad SMARTS) is 1. The third-order valence-electron chi connectivity index (χ3n) is 3.06. The summed E-state index contributed by atoms with van der Waals surface area (Å²) in [5.41, 5.74) is 1.93. The molecule has 0 aliphatic carbocycles. The zero-order chi connectivity index (χ0) is 15.9. The Morgan fingerprint density at radius 1 is 1.14 bits per heavy atom. The van der Waals surface area contributed by atoms with Crippen LogP contribution < -0.4 is 5.32 Å². The van der Waals surface area contributed by atoms with E-state index in [-0.39, 0.29) is 11.5 Å². The molecule has 1 aromatic carbocycles. The summed E-state index contributed by atoms with van der Waals surface area (Å²) in [4.78, 5) is 22.7. The summed E-state index contributed by atoms with van der Waals surface area (Å²) >= 11 is 0. The molecule has 0 saturated heterocycles. The first-order valence-electron chi connectivity index (χ1n) is 6.87. The van der Waals surface area contributed by atoms with Crippen molar-refractivity contribution < 1.29 is 23.8 Å². The molecule has 2 aromatic rings. The van der Waals surface area contributed by atoms with Crippen molar-refractivity contribution in [1.29, 1.82) is 0 Å². The maximum atomic E-state index is 12.0. The van der Waals surface area contributed by atoms with Gasteiger partial charge >= 0.3 is 5.97 Å². The van der Waals surface area contributed by atoms with Gasteiger partial charge in [-0.05, 0) is 30.2 Å². The third-order valence-corrected chi connectivity index (χ3v) is 3.06. The Labute approximate surface area is 127 Å². The van der Waals surface area contributed by atoms with Crippen molar-refractivity contribution in [2.45, 2.75) is 20.1 Å². The summed E-state index contributed by atoms with van der Waals surface area (Å²) in [5.74, 6) is -1.96. The highest BCUT2D eigenvalue weighted by Gasteiger charge is 2.14. The lowest BCUT2D eigenvalue weighted by Crippen LogP contribution is -2.23. The SMILES string of the molecule is CCOCc1ccccc1CNC(=O)c1ccc(C(=O)O)o1. The molecule has 6 heteroatoms. The molecule has 2 rings (SSSR count). The number of carbonyl (C=O) groups is 2. The second kappa shape index (κ2) is 7.42. The van der Waals surface area contributed by atoms with Crippen LogP contribution in [0.4, 0.5) is 0 Å². The lowest BCUT2D eigenvalue weighted by Gasteiger charge is -2.10. The number of benzene rings is 1. The first-order chi connectivity index (χ1) is 10.6. The number of hydrogen-bond donors (Lipinski definition) is 2. The summed E-state index contributed by atoms with van der Waals surface area (Å²) < 4.78 is 10.3. The number of nitrogens with one attached hydrogen (secondary N) is 1. The summed E-state index contributed by atoms with van der Waals surface area (Å²) in [6, 6.07) is 10.2. The van der Waals surface area contributed by atoms with Crippen molar-refractivity contribution in [3.8, 4) is 0 Å². The number of amides is 1. The molecule has 1 aromatic heterocycles. The van der Waals surface area contributed by atoms with Gasteiger partial charge in [0.2, 0.25) is 5.76 Å². The van der Waals surface area contributed by atoms with Crippen molar-refractivity contribution in [3.05, 3.63) is 59.0 Å². The van der Waals surface area contributed by atoms with E-state index in [1.165, 1.54) is 12.1 Å². The molecular formula is C16H17NO5. The van der Waals surface area contributed by atoms with Crippen LogP contribution in [-0.4, -0.2) is 23.6 Å². The fourth-order valence-electron chi connectivity index (χ4n) is 1.92. The summed E-state index contributed by atoms with van der Waals surface area (Å²) in [6.45, 7) is 3.32. The van der Waals surface area contributed by atoms with Crippen LogP contribution >= 0.6 is 0 Å². The summed E-state index contributed by atoms with van der Waals surface area (Å²) in [6.07, 6.45) is 0. The molecule has 0 unspecified atom stereocenters. The van der Waals surface area contributed by atoms with E-state index in [9.17, 15) is 9.59 Å². The van der Waals surface area contributed by atoms with Gasteiger partial charge in [-0.3, -0.25) is 4.79 Å². The van der Waals surface area contributed by atoms with Gasteiger partial charge in [-0.1, -0.05) is 24.3 Å². The lowest BCUT2D eigenvalue weighted by atomic mass is 10.1. The van der Waals surface area contributed by atoms with Gasteiger partial charge in [-0.25, -0.2) is 4.79 Å². The molecule has 2 N–H and O–H groups in total. The minimum absolute atomic E-state index is 0.0281. The van der Waals surface area contributed by atoms with Crippen LogP contribution in [-0.2, 0) is 17.9 Å². The Kier molecular flexibility index (Phi) is 5.32. The number of carboxylic acids is 1. The Hall–Kier alpha value is -2.60. The highest BCUT2D eigenvalue weighted by atomic mass is 16.5. The number of furan rings is 1. The zero-order valence-electron chi connectivity index (χ0n) is 12.2. The van der Waals surface area contributed by atoms with Crippen molar-refractivity contribution in [2.75, 3.05) is 6.61 Å². The van der Waals surface area contributed by atoms with Gasteiger partial charge in [0.05, 0.1) is 6.61 Å². The minimum Gasteiger partial charge on any atom is -0.475 e. The Balaban J connectivity index is 2.00. The van der Waals surface area contributed by atoms with E-state index in [2.05, 4.69) is 5.32 Å². The van der Waals surface area contributed by atoms with Crippen LogP contribution in [0.5, 0.6) is 0 Å². The maximum Gasteiger partial charge on any atom is 0.371 e. The van der Waals surface area contributed by atoms with Crippen LogP contribution in [0.15, 0.2) is 40.8 Å². The highest BCUT2D eigenvalue weighted by molar-refractivity contribution is 5.93. The quantitative estimate of drug-likeness (QED) is 0.820. The minimum atomic E-state index is -1.21. The van der Waals surface area contributed by atoms with Gasteiger partial charge < -0.3 is 19.6 Å². The van der Waals surface area contributed by atoms with Gasteiger partial charge in [0.1, 0.15) is 0 Å². The van der Waals surface area contributed by atoms with Gasteiger partial charge in [0.15, 0.2) is 5.76 Å². The first kappa shape index (κ1) is 15.8. The van der Waals surface area contributed by atoms with Crippen molar-refractivity contribution >= 4 is 11.9 Å². The van der Waals surface area contributed by atoms with Gasteiger partial charge in [0, 0.05) is 13.2 Å². The van der Waals surface area contributed by atoms with Crippen LogP contribution in [0.25, 0.3) is 0 Å². The fourth-order valence-corrected chi connectivity index (χ4v) is 1.92. The molecular weight excluding hydrogens is 286 g/mol. The molecule has 0 aliphatic rings. The van der Waals surface area contributed by atoms with Crippen molar-refractivity contribution in [2.24, 2.45) is 0 Å². The van der Waals surface area contributed by atoms with E-state index in [1.54, 1.807) is 0 Å².